The lowest BCUT2D eigenvalue weighted by atomic mass is 10.2. The molecule has 3 rings (SSSR count). The van der Waals surface area contributed by atoms with E-state index < -0.39 is 23.2 Å². The van der Waals surface area contributed by atoms with Gasteiger partial charge in [-0.1, -0.05) is 0 Å². The lowest BCUT2D eigenvalue weighted by Crippen LogP contribution is -2.28. The molecule has 14 heteroatoms. The van der Waals surface area contributed by atoms with Crippen LogP contribution >= 0.6 is 0 Å². The number of hydrogen-bond donors (Lipinski definition) is 4. The van der Waals surface area contributed by atoms with Gasteiger partial charge in [-0.2, -0.15) is 4.98 Å². The SMILES string of the molecule is CC(C)(C)OC(=O)Nc1nc2ncc(CNc3ccc(C(=O)NCCCC(=O)OC=O)cc3)nc2c(=O)[nH]1. The molecule has 38 heavy (non-hydrogen) atoms. The summed E-state index contributed by atoms with van der Waals surface area (Å²) in [5.74, 6) is -1.07. The number of amides is 2. The van der Waals surface area contributed by atoms with Gasteiger partial charge < -0.3 is 20.1 Å². The van der Waals surface area contributed by atoms with Crippen LogP contribution in [0, 0.1) is 0 Å². The molecule has 200 valence electrons. The number of carbonyl (C=O) groups is 4. The Morgan fingerprint density at radius 1 is 1.11 bits per heavy atom. The standard InChI is InChI=1S/C24H27N7O7/c1-24(2,3)38-23(36)31-22-29-19-18(21(35)30-22)28-16(12-27-19)11-26-15-8-6-14(7-9-15)20(34)25-10-4-5-17(33)37-13-32/h6-9,12-13,26H,4-5,10-11H2,1-3H3,(H,25,34)(H2,27,29,30,31,35,36). The number of carbonyl (C=O) groups excluding carboxylic acids is 4. The highest BCUT2D eigenvalue weighted by molar-refractivity contribution is 5.94. The highest BCUT2D eigenvalue weighted by atomic mass is 16.6. The third-order valence-corrected chi connectivity index (χ3v) is 4.73. The van der Waals surface area contributed by atoms with Gasteiger partial charge in [0.25, 0.3) is 11.5 Å². The molecule has 3 aromatic rings. The van der Waals surface area contributed by atoms with Crippen LogP contribution in [-0.2, 0) is 25.6 Å². The zero-order chi connectivity index (χ0) is 27.7. The summed E-state index contributed by atoms with van der Waals surface area (Å²) in [6, 6.07) is 6.65. The fourth-order valence-electron chi connectivity index (χ4n) is 3.08. The predicted octanol–water partition coefficient (Wildman–Crippen LogP) is 1.88. The maximum atomic E-state index is 12.5. The summed E-state index contributed by atoms with van der Waals surface area (Å²) in [6.07, 6.45) is 1.04. The maximum absolute atomic E-state index is 12.5. The van der Waals surface area contributed by atoms with E-state index in [4.69, 9.17) is 4.74 Å². The smallest absolute Gasteiger partial charge is 0.414 e. The van der Waals surface area contributed by atoms with Gasteiger partial charge in [0.15, 0.2) is 11.2 Å². The Bertz CT molecular complexity index is 1380. The summed E-state index contributed by atoms with van der Waals surface area (Å²) >= 11 is 0. The van der Waals surface area contributed by atoms with Crippen molar-refractivity contribution >= 4 is 47.2 Å². The summed E-state index contributed by atoms with van der Waals surface area (Å²) in [4.78, 5) is 72.8. The van der Waals surface area contributed by atoms with Crippen molar-refractivity contribution in [1.29, 1.82) is 0 Å². The second-order valence-electron chi connectivity index (χ2n) is 8.95. The van der Waals surface area contributed by atoms with Gasteiger partial charge in [0, 0.05) is 24.2 Å². The Morgan fingerprint density at radius 3 is 2.53 bits per heavy atom. The molecule has 0 radical (unpaired) electrons. The van der Waals surface area contributed by atoms with E-state index in [0.29, 0.717) is 23.4 Å². The monoisotopic (exact) mass is 525 g/mol. The number of hydrogen-bond acceptors (Lipinski definition) is 11. The number of H-pyrrole nitrogens is 1. The predicted molar refractivity (Wildman–Crippen MR) is 135 cm³/mol. The highest BCUT2D eigenvalue weighted by Gasteiger charge is 2.18. The third-order valence-electron chi connectivity index (χ3n) is 4.73. The lowest BCUT2D eigenvalue weighted by Gasteiger charge is -2.19. The first-order chi connectivity index (χ1) is 18.0. The number of nitrogens with zero attached hydrogens (tertiary/aromatic N) is 3. The quantitative estimate of drug-likeness (QED) is 0.131. The Labute approximate surface area is 216 Å². The molecule has 0 saturated carbocycles. The Kier molecular flexibility index (Phi) is 9.03. The van der Waals surface area contributed by atoms with Crippen molar-refractivity contribution in [3.63, 3.8) is 0 Å². The van der Waals surface area contributed by atoms with Crippen molar-refractivity contribution < 1.29 is 28.7 Å². The molecular formula is C24H27N7O7. The molecule has 0 aliphatic rings. The van der Waals surface area contributed by atoms with Crippen LogP contribution in [0.15, 0.2) is 35.3 Å². The topological polar surface area (TPSA) is 194 Å². The average Bonchev–Trinajstić information content (AvgIpc) is 2.84. The van der Waals surface area contributed by atoms with E-state index in [2.05, 4.69) is 40.6 Å². The second kappa shape index (κ2) is 12.4. The Balaban J connectivity index is 1.55. The number of aromatic nitrogens is 4. The van der Waals surface area contributed by atoms with Crippen LogP contribution in [-0.4, -0.2) is 56.5 Å². The van der Waals surface area contributed by atoms with E-state index in [0.717, 1.165) is 0 Å². The fraction of sp³-hybridized carbons (Fsp3) is 0.333. The molecule has 1 aromatic carbocycles. The van der Waals surface area contributed by atoms with Crippen LogP contribution in [0.25, 0.3) is 11.2 Å². The molecular weight excluding hydrogens is 498 g/mol. The number of nitrogens with one attached hydrogen (secondary N) is 4. The number of anilines is 2. The molecule has 0 unspecified atom stereocenters. The van der Waals surface area contributed by atoms with Gasteiger partial charge in [-0.3, -0.25) is 29.5 Å². The molecule has 0 atom stereocenters. The summed E-state index contributed by atoms with van der Waals surface area (Å²) < 4.78 is 9.31. The van der Waals surface area contributed by atoms with Crippen LogP contribution in [0.5, 0.6) is 0 Å². The van der Waals surface area contributed by atoms with Gasteiger partial charge in [0.2, 0.25) is 5.95 Å². The molecule has 0 spiro atoms. The number of fused-ring (bicyclic) bond motifs is 1. The zero-order valence-corrected chi connectivity index (χ0v) is 21.0. The average molecular weight is 526 g/mol. The Hall–Kier alpha value is -4.88. The van der Waals surface area contributed by atoms with Gasteiger partial charge in [0.05, 0.1) is 18.4 Å². The summed E-state index contributed by atoms with van der Waals surface area (Å²) in [5, 5.41) is 8.17. The minimum absolute atomic E-state index is 0.00507. The summed E-state index contributed by atoms with van der Waals surface area (Å²) in [5.41, 5.74) is 0.352. The fourth-order valence-corrected chi connectivity index (χ4v) is 3.08. The van der Waals surface area contributed by atoms with Crippen molar-refractivity contribution in [2.75, 3.05) is 17.2 Å². The van der Waals surface area contributed by atoms with E-state index in [1.54, 1.807) is 45.0 Å². The third kappa shape index (κ3) is 8.36. The van der Waals surface area contributed by atoms with E-state index in [-0.39, 0.29) is 49.0 Å². The van der Waals surface area contributed by atoms with Gasteiger partial charge >= 0.3 is 18.5 Å². The van der Waals surface area contributed by atoms with Crippen LogP contribution in [0.1, 0.15) is 49.7 Å². The van der Waals surface area contributed by atoms with Crippen LogP contribution in [0.3, 0.4) is 0 Å². The molecule has 0 aliphatic carbocycles. The molecule has 14 nitrogen and oxygen atoms in total. The van der Waals surface area contributed by atoms with Crippen molar-refractivity contribution in [3.05, 3.63) is 52.1 Å². The first-order valence-electron chi connectivity index (χ1n) is 11.6. The van der Waals surface area contributed by atoms with Crippen molar-refractivity contribution in [3.8, 4) is 0 Å². The normalized spacial score (nSPS) is 10.9. The molecule has 4 N–H and O–H groups in total. The number of rotatable bonds is 10. The zero-order valence-electron chi connectivity index (χ0n) is 21.0. The molecule has 0 fully saturated rings. The number of esters is 1. The first kappa shape index (κ1) is 27.7. The molecule has 2 amide bonds. The van der Waals surface area contributed by atoms with Gasteiger partial charge in [-0.25, -0.2) is 14.8 Å². The molecule has 0 bridgehead atoms. The first-order valence-corrected chi connectivity index (χ1v) is 11.6. The minimum atomic E-state index is -0.769. The summed E-state index contributed by atoms with van der Waals surface area (Å²) in [7, 11) is 0. The van der Waals surface area contributed by atoms with Crippen molar-refractivity contribution in [2.45, 2.75) is 45.8 Å². The molecule has 0 saturated heterocycles. The molecule has 0 aliphatic heterocycles. The number of benzene rings is 1. The summed E-state index contributed by atoms with van der Waals surface area (Å²) in [6.45, 7) is 5.69. The second-order valence-corrected chi connectivity index (χ2v) is 8.95. The van der Waals surface area contributed by atoms with Crippen LogP contribution in [0.4, 0.5) is 16.4 Å². The highest BCUT2D eigenvalue weighted by Crippen LogP contribution is 2.13. The van der Waals surface area contributed by atoms with Crippen molar-refractivity contribution in [1.82, 2.24) is 25.3 Å². The van der Waals surface area contributed by atoms with E-state index >= 15 is 0 Å². The lowest BCUT2D eigenvalue weighted by molar-refractivity contribution is -0.151. The van der Waals surface area contributed by atoms with Crippen molar-refractivity contribution in [2.24, 2.45) is 0 Å². The largest absolute Gasteiger partial charge is 0.444 e. The molecule has 2 heterocycles. The maximum Gasteiger partial charge on any atom is 0.414 e. The number of aromatic amines is 1. The Morgan fingerprint density at radius 2 is 1.84 bits per heavy atom. The van der Waals surface area contributed by atoms with Crippen LogP contribution < -0.4 is 21.5 Å². The van der Waals surface area contributed by atoms with E-state index in [1.165, 1.54) is 6.20 Å². The van der Waals surface area contributed by atoms with E-state index in [1.807, 2.05) is 0 Å². The number of ether oxygens (including phenoxy) is 2. The van der Waals surface area contributed by atoms with Crippen LogP contribution in [0.2, 0.25) is 0 Å². The minimum Gasteiger partial charge on any atom is -0.444 e. The van der Waals surface area contributed by atoms with Gasteiger partial charge in [0.1, 0.15) is 5.60 Å². The molecule has 2 aromatic heterocycles. The van der Waals surface area contributed by atoms with E-state index in [9.17, 15) is 24.0 Å². The van der Waals surface area contributed by atoms with Gasteiger partial charge in [-0.15, -0.1) is 0 Å². The van der Waals surface area contributed by atoms with Gasteiger partial charge in [-0.05, 0) is 51.5 Å².